The Labute approximate surface area is 142 Å². The minimum Gasteiger partial charge on any atom is -0.352 e. The molecule has 1 aromatic carbocycles. The van der Waals surface area contributed by atoms with Crippen LogP contribution in [0.3, 0.4) is 0 Å². The molecule has 1 aromatic heterocycles. The number of nitrogens with two attached hydrogens (primary N) is 1. The summed E-state index contributed by atoms with van der Waals surface area (Å²) in [6, 6.07) is 4.94. The van der Waals surface area contributed by atoms with Gasteiger partial charge in [0.15, 0.2) is 0 Å². The van der Waals surface area contributed by atoms with Gasteiger partial charge in [0.05, 0.1) is 11.1 Å². The highest BCUT2D eigenvalue weighted by molar-refractivity contribution is 5.82. The summed E-state index contributed by atoms with van der Waals surface area (Å²) in [5.41, 5.74) is 6.38. The molecule has 0 fully saturated rings. The Kier molecular flexibility index (Phi) is 5.72. The Bertz CT molecular complexity index is 699. The number of halogens is 1. The van der Waals surface area contributed by atoms with Crippen molar-refractivity contribution >= 4 is 5.91 Å². The molecule has 0 unspecified atom stereocenters. The fourth-order valence-corrected chi connectivity index (χ4v) is 2.81. The number of hydrogen-bond acceptors (Lipinski definition) is 3. The van der Waals surface area contributed by atoms with Gasteiger partial charge in [0.25, 0.3) is 0 Å². The maximum absolute atomic E-state index is 14.4. The van der Waals surface area contributed by atoms with Crippen LogP contribution >= 0.6 is 0 Å². The Morgan fingerprint density at radius 3 is 2.58 bits per heavy atom. The third-order valence-corrected chi connectivity index (χ3v) is 4.78. The van der Waals surface area contributed by atoms with Crippen LogP contribution in [0.25, 0.3) is 5.69 Å². The molecule has 0 aliphatic carbocycles. The standard InChI is InChI=1S/C18H25FN4O/c1-4-18(5-2,12-20)17(24)22-11-14-6-7-16(15(19)10-14)23-9-8-21-13(23)3/h6-10H,4-5,11-12,20H2,1-3H3,(H,22,24). The first kappa shape index (κ1) is 18.1. The number of imidazole rings is 1. The first-order valence-electron chi connectivity index (χ1n) is 8.24. The van der Waals surface area contributed by atoms with Gasteiger partial charge in [-0.05, 0) is 37.5 Å². The molecule has 0 atom stereocenters. The lowest BCUT2D eigenvalue weighted by atomic mass is 9.81. The van der Waals surface area contributed by atoms with E-state index in [9.17, 15) is 9.18 Å². The fraction of sp³-hybridized carbons (Fsp3) is 0.444. The number of nitrogens with one attached hydrogen (secondary N) is 1. The number of aryl methyl sites for hydroxylation is 1. The number of nitrogens with zero attached hydrogens (tertiary/aromatic N) is 2. The highest BCUT2D eigenvalue weighted by Gasteiger charge is 2.32. The molecule has 0 bridgehead atoms. The van der Waals surface area contributed by atoms with Gasteiger partial charge in [0, 0.05) is 25.5 Å². The van der Waals surface area contributed by atoms with E-state index in [0.29, 0.717) is 36.5 Å². The summed E-state index contributed by atoms with van der Waals surface area (Å²) in [5.74, 6) is 0.289. The average Bonchev–Trinajstić information content (AvgIpc) is 3.01. The van der Waals surface area contributed by atoms with E-state index in [1.807, 2.05) is 20.8 Å². The van der Waals surface area contributed by atoms with Gasteiger partial charge in [-0.1, -0.05) is 19.9 Å². The van der Waals surface area contributed by atoms with E-state index in [1.165, 1.54) is 6.07 Å². The zero-order valence-electron chi connectivity index (χ0n) is 14.5. The normalized spacial score (nSPS) is 11.5. The molecule has 0 saturated heterocycles. The van der Waals surface area contributed by atoms with E-state index >= 15 is 0 Å². The maximum Gasteiger partial charge on any atom is 0.227 e. The maximum atomic E-state index is 14.4. The summed E-state index contributed by atoms with van der Waals surface area (Å²) in [6.45, 7) is 6.31. The largest absolute Gasteiger partial charge is 0.352 e. The Morgan fingerprint density at radius 1 is 1.38 bits per heavy atom. The van der Waals surface area contributed by atoms with Crippen LogP contribution in [0.15, 0.2) is 30.6 Å². The van der Waals surface area contributed by atoms with Gasteiger partial charge in [-0.25, -0.2) is 9.37 Å². The number of benzene rings is 1. The summed E-state index contributed by atoms with van der Waals surface area (Å²) < 4.78 is 16.1. The predicted molar refractivity (Wildman–Crippen MR) is 92.2 cm³/mol. The van der Waals surface area contributed by atoms with E-state index in [-0.39, 0.29) is 18.3 Å². The average molecular weight is 332 g/mol. The van der Waals surface area contributed by atoms with Crippen LogP contribution in [0, 0.1) is 18.2 Å². The molecular weight excluding hydrogens is 307 g/mol. The summed E-state index contributed by atoms with van der Waals surface area (Å²) in [7, 11) is 0. The molecule has 130 valence electrons. The van der Waals surface area contributed by atoms with Crippen LogP contribution in [0.5, 0.6) is 0 Å². The summed E-state index contributed by atoms with van der Waals surface area (Å²) >= 11 is 0. The molecule has 6 heteroatoms. The van der Waals surface area contributed by atoms with Crippen LogP contribution in [-0.4, -0.2) is 22.0 Å². The molecular formula is C18H25FN4O. The lowest BCUT2D eigenvalue weighted by Crippen LogP contribution is -2.45. The van der Waals surface area contributed by atoms with Crippen molar-refractivity contribution in [2.75, 3.05) is 6.54 Å². The van der Waals surface area contributed by atoms with Crippen molar-refractivity contribution < 1.29 is 9.18 Å². The number of rotatable bonds is 7. The van der Waals surface area contributed by atoms with Crippen molar-refractivity contribution in [2.45, 2.75) is 40.2 Å². The van der Waals surface area contributed by atoms with Gasteiger partial charge in [0.1, 0.15) is 11.6 Å². The minimum absolute atomic E-state index is 0.0788. The summed E-state index contributed by atoms with van der Waals surface area (Å²) in [6.07, 6.45) is 4.70. The second-order valence-electron chi connectivity index (χ2n) is 6.00. The molecule has 2 aromatic rings. The molecule has 0 aliphatic heterocycles. The van der Waals surface area contributed by atoms with Crippen molar-refractivity contribution in [1.29, 1.82) is 0 Å². The number of aromatic nitrogens is 2. The van der Waals surface area contributed by atoms with Crippen molar-refractivity contribution in [3.05, 3.63) is 47.8 Å². The molecule has 0 aliphatic rings. The second-order valence-corrected chi connectivity index (χ2v) is 6.00. The van der Waals surface area contributed by atoms with Crippen LogP contribution in [-0.2, 0) is 11.3 Å². The van der Waals surface area contributed by atoms with E-state index < -0.39 is 5.41 Å². The first-order chi connectivity index (χ1) is 11.5. The molecule has 1 amide bonds. The van der Waals surface area contributed by atoms with Crippen molar-refractivity contribution in [1.82, 2.24) is 14.9 Å². The van der Waals surface area contributed by atoms with E-state index in [0.717, 1.165) is 0 Å². The Morgan fingerprint density at radius 2 is 2.08 bits per heavy atom. The second kappa shape index (κ2) is 7.57. The van der Waals surface area contributed by atoms with E-state index in [1.54, 1.807) is 29.1 Å². The summed E-state index contributed by atoms with van der Waals surface area (Å²) in [5, 5.41) is 2.88. The number of carbonyl (C=O) groups excluding carboxylic acids is 1. The Balaban J connectivity index is 2.11. The fourth-order valence-electron chi connectivity index (χ4n) is 2.81. The van der Waals surface area contributed by atoms with Crippen LogP contribution in [0.4, 0.5) is 4.39 Å². The zero-order chi connectivity index (χ0) is 17.7. The van der Waals surface area contributed by atoms with Gasteiger partial charge in [-0.15, -0.1) is 0 Å². The topological polar surface area (TPSA) is 72.9 Å². The van der Waals surface area contributed by atoms with Crippen LogP contribution < -0.4 is 11.1 Å². The minimum atomic E-state index is -0.549. The van der Waals surface area contributed by atoms with Gasteiger partial charge in [-0.2, -0.15) is 0 Å². The third kappa shape index (κ3) is 3.48. The van der Waals surface area contributed by atoms with Crippen molar-refractivity contribution in [3.63, 3.8) is 0 Å². The molecule has 3 N–H and O–H groups in total. The zero-order valence-corrected chi connectivity index (χ0v) is 14.5. The highest BCUT2D eigenvalue weighted by atomic mass is 19.1. The molecule has 0 radical (unpaired) electrons. The molecule has 1 heterocycles. The van der Waals surface area contributed by atoms with E-state index in [4.69, 9.17) is 5.73 Å². The molecule has 2 rings (SSSR count). The predicted octanol–water partition coefficient (Wildman–Crippen LogP) is 2.70. The number of hydrogen-bond donors (Lipinski definition) is 2. The quantitative estimate of drug-likeness (QED) is 0.819. The first-order valence-corrected chi connectivity index (χ1v) is 8.24. The van der Waals surface area contributed by atoms with Gasteiger partial charge in [-0.3, -0.25) is 4.79 Å². The molecule has 0 saturated carbocycles. The lowest BCUT2D eigenvalue weighted by molar-refractivity contribution is -0.131. The SMILES string of the molecule is CCC(CC)(CN)C(=O)NCc1ccc(-n2ccnc2C)c(F)c1. The van der Waals surface area contributed by atoms with Crippen LogP contribution in [0.2, 0.25) is 0 Å². The molecule has 5 nitrogen and oxygen atoms in total. The lowest BCUT2D eigenvalue weighted by Gasteiger charge is -2.28. The monoisotopic (exact) mass is 332 g/mol. The number of carbonyl (C=O) groups is 1. The highest BCUT2D eigenvalue weighted by Crippen LogP contribution is 2.25. The smallest absolute Gasteiger partial charge is 0.227 e. The van der Waals surface area contributed by atoms with Crippen molar-refractivity contribution in [3.8, 4) is 5.69 Å². The van der Waals surface area contributed by atoms with Gasteiger partial charge in [0.2, 0.25) is 5.91 Å². The third-order valence-electron chi connectivity index (χ3n) is 4.78. The summed E-state index contributed by atoms with van der Waals surface area (Å²) in [4.78, 5) is 16.5. The van der Waals surface area contributed by atoms with Gasteiger partial charge < -0.3 is 15.6 Å². The van der Waals surface area contributed by atoms with E-state index in [2.05, 4.69) is 10.3 Å². The van der Waals surface area contributed by atoms with Crippen LogP contribution in [0.1, 0.15) is 38.1 Å². The Hall–Kier alpha value is -2.21. The molecule has 24 heavy (non-hydrogen) atoms. The van der Waals surface area contributed by atoms with Gasteiger partial charge >= 0.3 is 0 Å². The molecule has 0 spiro atoms. The van der Waals surface area contributed by atoms with Crippen molar-refractivity contribution in [2.24, 2.45) is 11.1 Å². The number of amides is 1.